The summed E-state index contributed by atoms with van der Waals surface area (Å²) in [5.41, 5.74) is 0.149. The van der Waals surface area contributed by atoms with Crippen molar-refractivity contribution in [3.05, 3.63) is 23.7 Å². The Hall–Kier alpha value is -0.800. The van der Waals surface area contributed by atoms with Gasteiger partial charge in [0, 0.05) is 12.1 Å². The molecule has 0 saturated carbocycles. The fourth-order valence-corrected chi connectivity index (χ4v) is 1.35. The topological polar surface area (TPSA) is 28.4 Å². The van der Waals surface area contributed by atoms with E-state index < -0.39 is 0 Å². The number of likely N-dealkylation sites (N-methyl/N-ethyl adjacent to an activating group) is 1. The molecule has 16 heavy (non-hydrogen) atoms. The van der Waals surface area contributed by atoms with E-state index in [9.17, 15) is 0 Å². The minimum atomic E-state index is 0.149. The third-order valence-electron chi connectivity index (χ3n) is 3.24. The van der Waals surface area contributed by atoms with Gasteiger partial charge in [-0.25, -0.2) is 0 Å². The Bertz CT molecular complexity index is 328. The van der Waals surface area contributed by atoms with Crippen LogP contribution in [0.2, 0.25) is 0 Å². The van der Waals surface area contributed by atoms with Crippen molar-refractivity contribution in [2.24, 2.45) is 0 Å². The van der Waals surface area contributed by atoms with Crippen LogP contribution in [0.4, 0.5) is 0 Å². The summed E-state index contributed by atoms with van der Waals surface area (Å²) in [5, 5.41) is 3.50. The lowest BCUT2D eigenvalue weighted by molar-refractivity contribution is 0.183. The Kier molecular flexibility index (Phi) is 4.16. The van der Waals surface area contributed by atoms with Crippen LogP contribution in [0.5, 0.6) is 0 Å². The maximum Gasteiger partial charge on any atom is 0.120 e. The molecule has 1 rings (SSSR count). The van der Waals surface area contributed by atoms with Crippen molar-refractivity contribution < 1.29 is 4.42 Å². The molecule has 0 saturated heterocycles. The van der Waals surface area contributed by atoms with Gasteiger partial charge in [-0.2, -0.15) is 0 Å². The predicted octanol–water partition coefficient (Wildman–Crippen LogP) is 2.58. The number of rotatable bonds is 5. The van der Waals surface area contributed by atoms with Gasteiger partial charge >= 0.3 is 0 Å². The maximum absolute atomic E-state index is 5.59. The highest BCUT2D eigenvalue weighted by molar-refractivity contribution is 5.09. The van der Waals surface area contributed by atoms with E-state index in [1.165, 1.54) is 0 Å². The van der Waals surface area contributed by atoms with Gasteiger partial charge in [0.05, 0.1) is 6.04 Å². The van der Waals surface area contributed by atoms with Gasteiger partial charge in [-0.3, -0.25) is 0 Å². The number of hydrogen-bond acceptors (Lipinski definition) is 3. The molecule has 0 amide bonds. The number of nitrogens with zero attached hydrogens (tertiary/aromatic N) is 1. The van der Waals surface area contributed by atoms with E-state index >= 15 is 0 Å². The smallest absolute Gasteiger partial charge is 0.120 e. The lowest BCUT2D eigenvalue weighted by Gasteiger charge is -2.33. The van der Waals surface area contributed by atoms with E-state index in [2.05, 4.69) is 45.1 Å². The Morgan fingerprint density at radius 1 is 1.38 bits per heavy atom. The Morgan fingerprint density at radius 3 is 2.44 bits per heavy atom. The van der Waals surface area contributed by atoms with Crippen molar-refractivity contribution in [3.8, 4) is 0 Å². The van der Waals surface area contributed by atoms with Crippen LogP contribution in [0.1, 0.15) is 38.3 Å². The van der Waals surface area contributed by atoms with Gasteiger partial charge in [-0.15, -0.1) is 0 Å². The number of hydrogen-bond donors (Lipinski definition) is 1. The van der Waals surface area contributed by atoms with E-state index in [0.29, 0.717) is 0 Å². The number of aryl methyl sites for hydroxylation is 1. The highest BCUT2D eigenvalue weighted by Gasteiger charge is 2.21. The molecule has 1 aromatic heterocycles. The molecule has 1 unspecified atom stereocenters. The first-order valence-corrected chi connectivity index (χ1v) is 5.80. The van der Waals surface area contributed by atoms with Crippen LogP contribution in [-0.4, -0.2) is 31.1 Å². The van der Waals surface area contributed by atoms with Gasteiger partial charge in [-0.1, -0.05) is 0 Å². The minimum Gasteiger partial charge on any atom is -0.465 e. The molecule has 0 radical (unpaired) electrons. The second-order valence-electron chi connectivity index (χ2n) is 5.26. The van der Waals surface area contributed by atoms with Gasteiger partial charge < -0.3 is 14.6 Å². The Morgan fingerprint density at radius 2 is 2.00 bits per heavy atom. The molecule has 0 aliphatic heterocycles. The summed E-state index contributed by atoms with van der Waals surface area (Å²) in [4.78, 5) is 2.22. The quantitative estimate of drug-likeness (QED) is 0.833. The normalized spacial score (nSPS) is 14.4. The molecule has 3 nitrogen and oxygen atoms in total. The third-order valence-corrected chi connectivity index (χ3v) is 3.24. The van der Waals surface area contributed by atoms with E-state index in [0.717, 1.165) is 18.1 Å². The second-order valence-corrected chi connectivity index (χ2v) is 5.26. The first-order valence-electron chi connectivity index (χ1n) is 5.80. The lowest BCUT2D eigenvalue weighted by atomic mass is 10.0. The van der Waals surface area contributed by atoms with Gasteiger partial charge in [0.2, 0.25) is 0 Å². The SMILES string of the molecule is Cc1ccc(C(C)NCC(C)(C)N(C)C)o1. The molecule has 0 aromatic carbocycles. The first-order chi connectivity index (χ1) is 7.33. The zero-order chi connectivity index (χ0) is 12.3. The largest absolute Gasteiger partial charge is 0.465 e. The molecule has 0 aliphatic rings. The third kappa shape index (κ3) is 3.35. The van der Waals surface area contributed by atoms with Crippen LogP contribution < -0.4 is 5.32 Å². The molecule has 1 aromatic rings. The van der Waals surface area contributed by atoms with Crippen molar-refractivity contribution in [1.29, 1.82) is 0 Å². The van der Waals surface area contributed by atoms with Crippen LogP contribution in [0.25, 0.3) is 0 Å². The molecule has 1 N–H and O–H groups in total. The molecular formula is C13H24N2O. The molecule has 1 atom stereocenters. The fraction of sp³-hybridized carbons (Fsp3) is 0.692. The lowest BCUT2D eigenvalue weighted by Crippen LogP contribution is -2.47. The van der Waals surface area contributed by atoms with Gasteiger partial charge in [-0.05, 0) is 53.9 Å². The summed E-state index contributed by atoms with van der Waals surface area (Å²) in [6.45, 7) is 9.48. The second kappa shape index (κ2) is 5.02. The average Bonchev–Trinajstić information content (AvgIpc) is 2.61. The van der Waals surface area contributed by atoms with Crippen molar-refractivity contribution in [2.75, 3.05) is 20.6 Å². The van der Waals surface area contributed by atoms with E-state index in [1.807, 2.05) is 19.1 Å². The minimum absolute atomic E-state index is 0.149. The highest BCUT2D eigenvalue weighted by atomic mass is 16.3. The summed E-state index contributed by atoms with van der Waals surface area (Å²) in [6.07, 6.45) is 0. The van der Waals surface area contributed by atoms with Crippen LogP contribution in [0, 0.1) is 6.92 Å². The van der Waals surface area contributed by atoms with Gasteiger partial charge in [0.25, 0.3) is 0 Å². The van der Waals surface area contributed by atoms with Crippen molar-refractivity contribution in [1.82, 2.24) is 10.2 Å². The first kappa shape index (κ1) is 13.3. The van der Waals surface area contributed by atoms with Crippen molar-refractivity contribution in [3.63, 3.8) is 0 Å². The molecule has 0 bridgehead atoms. The molecule has 0 aliphatic carbocycles. The fourth-order valence-electron chi connectivity index (χ4n) is 1.35. The summed E-state index contributed by atoms with van der Waals surface area (Å²) in [5.74, 6) is 1.97. The summed E-state index contributed by atoms with van der Waals surface area (Å²) in [7, 11) is 4.20. The molecule has 0 fully saturated rings. The van der Waals surface area contributed by atoms with E-state index in [1.54, 1.807) is 0 Å². The van der Waals surface area contributed by atoms with Crippen molar-refractivity contribution >= 4 is 0 Å². The summed E-state index contributed by atoms with van der Waals surface area (Å²) >= 11 is 0. The highest BCUT2D eigenvalue weighted by Crippen LogP contribution is 2.17. The number of nitrogens with one attached hydrogen (secondary N) is 1. The van der Waals surface area contributed by atoms with Crippen LogP contribution in [0.15, 0.2) is 16.5 Å². The molecule has 1 heterocycles. The van der Waals surface area contributed by atoms with E-state index in [-0.39, 0.29) is 11.6 Å². The average molecular weight is 224 g/mol. The van der Waals surface area contributed by atoms with E-state index in [4.69, 9.17) is 4.42 Å². The van der Waals surface area contributed by atoms with Crippen molar-refractivity contribution in [2.45, 2.75) is 39.3 Å². The monoisotopic (exact) mass is 224 g/mol. The Labute approximate surface area is 98.8 Å². The molecule has 3 heteroatoms. The maximum atomic E-state index is 5.59. The van der Waals surface area contributed by atoms with Gasteiger partial charge in [0.15, 0.2) is 0 Å². The molecule has 92 valence electrons. The molecule has 0 spiro atoms. The summed E-state index contributed by atoms with van der Waals surface area (Å²) in [6, 6.07) is 4.30. The molecular weight excluding hydrogens is 200 g/mol. The van der Waals surface area contributed by atoms with Gasteiger partial charge in [0.1, 0.15) is 11.5 Å². The number of furan rings is 1. The standard InChI is InChI=1S/C13H24N2O/c1-10-7-8-12(16-10)11(2)14-9-13(3,4)15(5)6/h7-8,11,14H,9H2,1-6H3. The zero-order valence-electron chi connectivity index (χ0n) is 11.3. The van der Waals surface area contributed by atoms with Crippen LogP contribution >= 0.6 is 0 Å². The predicted molar refractivity (Wildman–Crippen MR) is 67.6 cm³/mol. The zero-order valence-corrected chi connectivity index (χ0v) is 11.3. The summed E-state index contributed by atoms with van der Waals surface area (Å²) < 4.78 is 5.59. The van der Waals surface area contributed by atoms with Crippen LogP contribution in [-0.2, 0) is 0 Å². The van der Waals surface area contributed by atoms with Crippen LogP contribution in [0.3, 0.4) is 0 Å². The Balaban J connectivity index is 2.50.